The average molecular weight is 170 g/mol. The van der Waals surface area contributed by atoms with E-state index in [2.05, 4.69) is 42.0 Å². The Morgan fingerprint density at radius 1 is 1.31 bits per heavy atom. The van der Waals surface area contributed by atoms with Gasteiger partial charge in [-0.1, -0.05) is 30.0 Å². The molecule has 0 unspecified atom stereocenters. The Morgan fingerprint density at radius 2 is 2.15 bits per heavy atom. The van der Waals surface area contributed by atoms with Gasteiger partial charge in [0.25, 0.3) is 0 Å². The van der Waals surface area contributed by atoms with E-state index in [9.17, 15) is 0 Å². The molecule has 0 fully saturated rings. The Labute approximate surface area is 79.4 Å². The lowest BCUT2D eigenvalue weighted by atomic mass is 10.1. The van der Waals surface area contributed by atoms with E-state index < -0.39 is 0 Å². The van der Waals surface area contributed by atoms with Gasteiger partial charge in [0, 0.05) is 32.1 Å². The lowest BCUT2D eigenvalue weighted by molar-refractivity contribution is 0.371. The summed E-state index contributed by atoms with van der Waals surface area (Å²) in [5.41, 5.74) is 2.43. The van der Waals surface area contributed by atoms with E-state index in [0.29, 0.717) is 0 Å². The van der Waals surface area contributed by atoms with Gasteiger partial charge in [-0.15, -0.1) is 0 Å². The van der Waals surface area contributed by atoms with Crippen LogP contribution in [-0.2, 0) is 6.54 Å². The second-order valence-corrected chi connectivity index (χ2v) is 3.26. The molecule has 0 spiro atoms. The number of fused-ring (bicyclic) bond motifs is 1. The fourth-order valence-corrected chi connectivity index (χ4v) is 1.47. The monoisotopic (exact) mass is 170 g/mol. The molecule has 1 radical (unpaired) electrons. The van der Waals surface area contributed by atoms with Gasteiger partial charge in [-0.05, 0) is 11.6 Å². The summed E-state index contributed by atoms with van der Waals surface area (Å²) >= 11 is 0. The first-order chi connectivity index (χ1) is 6.36. The number of hydrogen-bond donors (Lipinski definition) is 0. The van der Waals surface area contributed by atoms with Crippen LogP contribution in [0.5, 0.6) is 0 Å². The molecule has 13 heavy (non-hydrogen) atoms. The van der Waals surface area contributed by atoms with Crippen molar-refractivity contribution in [1.82, 2.24) is 4.90 Å². The van der Waals surface area contributed by atoms with Gasteiger partial charge in [0.2, 0.25) is 0 Å². The molecule has 0 saturated carbocycles. The summed E-state index contributed by atoms with van der Waals surface area (Å²) in [6.07, 6.45) is 0.915. The Kier molecular flexibility index (Phi) is 2.33. The lowest BCUT2D eigenvalue weighted by Gasteiger charge is -2.17. The average Bonchev–Trinajstić information content (AvgIpc) is 2.11. The van der Waals surface area contributed by atoms with Gasteiger partial charge in [0.15, 0.2) is 0 Å². The summed E-state index contributed by atoms with van der Waals surface area (Å²) in [6.45, 7) is 1.87. The van der Waals surface area contributed by atoms with Crippen LogP contribution in [0.4, 0.5) is 0 Å². The number of benzene rings is 1. The largest absolute Gasteiger partial charge is 0.297 e. The van der Waals surface area contributed by atoms with Crippen molar-refractivity contribution >= 4 is 0 Å². The Balaban J connectivity index is 2.40. The summed E-state index contributed by atoms with van der Waals surface area (Å²) in [5, 5.41) is 0. The first-order valence-corrected chi connectivity index (χ1v) is 4.48. The van der Waals surface area contributed by atoms with Crippen molar-refractivity contribution in [3.05, 3.63) is 42.4 Å². The van der Waals surface area contributed by atoms with Gasteiger partial charge in [-0.3, -0.25) is 4.90 Å². The Hall–Kier alpha value is -1.26. The third-order valence-electron chi connectivity index (χ3n) is 2.19. The molecule has 0 saturated heterocycles. The molecule has 1 nitrogen and oxygen atoms in total. The van der Waals surface area contributed by atoms with Gasteiger partial charge in [-0.25, -0.2) is 0 Å². The first-order valence-electron chi connectivity index (χ1n) is 4.48. The van der Waals surface area contributed by atoms with Crippen LogP contribution in [0.3, 0.4) is 0 Å². The van der Waals surface area contributed by atoms with Gasteiger partial charge in [-0.2, -0.15) is 0 Å². The maximum absolute atomic E-state index is 3.96. The predicted octanol–water partition coefficient (Wildman–Crippen LogP) is 2.04. The zero-order valence-corrected chi connectivity index (χ0v) is 7.59. The molecule has 1 heteroatoms. The highest BCUT2D eigenvalue weighted by molar-refractivity contribution is 5.41. The van der Waals surface area contributed by atoms with E-state index in [0.717, 1.165) is 25.1 Å². The molecule has 65 valence electrons. The zero-order valence-electron chi connectivity index (χ0n) is 7.59. The minimum absolute atomic E-state index is 0.908. The maximum atomic E-state index is 3.96. The normalized spacial score (nSPS) is 16.4. The van der Waals surface area contributed by atoms with Crippen LogP contribution < -0.4 is 0 Å². The second-order valence-electron chi connectivity index (χ2n) is 3.26. The molecule has 1 heterocycles. The second kappa shape index (κ2) is 3.64. The van der Waals surface area contributed by atoms with E-state index in [1.807, 2.05) is 6.07 Å². The summed E-state index contributed by atoms with van der Waals surface area (Å²) in [6, 6.07) is 8.27. The molecular weight excluding hydrogens is 158 g/mol. The SMILES string of the molecule is [CH2]N1CCC#Cc2ccccc2C1. The third kappa shape index (κ3) is 1.91. The number of hydrogen-bond acceptors (Lipinski definition) is 1. The smallest absolute Gasteiger partial charge is 0.0290 e. The molecule has 2 rings (SSSR count). The quantitative estimate of drug-likeness (QED) is 0.538. The molecule has 1 aromatic rings. The third-order valence-corrected chi connectivity index (χ3v) is 2.19. The molecule has 0 atom stereocenters. The van der Waals surface area contributed by atoms with E-state index >= 15 is 0 Å². The maximum Gasteiger partial charge on any atom is 0.0290 e. The van der Waals surface area contributed by atoms with Crippen LogP contribution in [0.15, 0.2) is 24.3 Å². The van der Waals surface area contributed by atoms with E-state index in [4.69, 9.17) is 0 Å². The number of rotatable bonds is 0. The van der Waals surface area contributed by atoms with Gasteiger partial charge in [0.1, 0.15) is 0 Å². The van der Waals surface area contributed by atoms with E-state index in [1.165, 1.54) is 5.56 Å². The summed E-state index contributed by atoms with van der Waals surface area (Å²) in [4.78, 5) is 2.06. The van der Waals surface area contributed by atoms with Gasteiger partial charge >= 0.3 is 0 Å². The Bertz CT molecular complexity index is 357. The lowest BCUT2D eigenvalue weighted by Crippen LogP contribution is -2.18. The summed E-state index contributed by atoms with van der Waals surface area (Å²) < 4.78 is 0. The van der Waals surface area contributed by atoms with Crippen molar-refractivity contribution in [3.63, 3.8) is 0 Å². The van der Waals surface area contributed by atoms with Crippen molar-refractivity contribution < 1.29 is 0 Å². The van der Waals surface area contributed by atoms with Crippen LogP contribution in [-0.4, -0.2) is 11.4 Å². The van der Waals surface area contributed by atoms with Crippen LogP contribution >= 0.6 is 0 Å². The standard InChI is InChI=1S/C12H12N/c1-13-9-5-4-7-11-6-2-3-8-12(11)10-13/h2-3,6,8H,1,5,9-10H2. The Morgan fingerprint density at radius 3 is 3.08 bits per heavy atom. The van der Waals surface area contributed by atoms with Crippen molar-refractivity contribution in [2.45, 2.75) is 13.0 Å². The van der Waals surface area contributed by atoms with Crippen LogP contribution in [0.25, 0.3) is 0 Å². The van der Waals surface area contributed by atoms with Crippen molar-refractivity contribution in [2.75, 3.05) is 6.54 Å². The summed E-state index contributed by atoms with van der Waals surface area (Å²) in [7, 11) is 3.96. The zero-order chi connectivity index (χ0) is 9.10. The van der Waals surface area contributed by atoms with Crippen molar-refractivity contribution in [1.29, 1.82) is 0 Å². The van der Waals surface area contributed by atoms with Crippen LogP contribution in [0.1, 0.15) is 17.5 Å². The fourth-order valence-electron chi connectivity index (χ4n) is 1.47. The number of nitrogens with zero attached hydrogens (tertiary/aromatic N) is 1. The van der Waals surface area contributed by atoms with Crippen LogP contribution in [0, 0.1) is 18.9 Å². The molecule has 0 aromatic heterocycles. The molecule has 1 aliphatic heterocycles. The molecule has 0 aliphatic carbocycles. The minimum Gasteiger partial charge on any atom is -0.297 e. The molecule has 0 bridgehead atoms. The molecule has 1 aliphatic rings. The highest BCUT2D eigenvalue weighted by Gasteiger charge is 2.04. The van der Waals surface area contributed by atoms with Gasteiger partial charge < -0.3 is 0 Å². The van der Waals surface area contributed by atoms with Crippen molar-refractivity contribution in [2.24, 2.45) is 0 Å². The van der Waals surface area contributed by atoms with Crippen LogP contribution in [0.2, 0.25) is 0 Å². The van der Waals surface area contributed by atoms with E-state index in [-0.39, 0.29) is 0 Å². The first kappa shape index (κ1) is 8.34. The fraction of sp³-hybridized carbons (Fsp3) is 0.250. The van der Waals surface area contributed by atoms with E-state index in [1.54, 1.807) is 0 Å². The molecule has 0 N–H and O–H groups in total. The highest BCUT2D eigenvalue weighted by atomic mass is 15.1. The topological polar surface area (TPSA) is 3.24 Å². The predicted molar refractivity (Wildman–Crippen MR) is 53.7 cm³/mol. The van der Waals surface area contributed by atoms with Crippen molar-refractivity contribution in [3.8, 4) is 11.8 Å². The molecule has 1 aromatic carbocycles. The summed E-state index contributed by atoms with van der Waals surface area (Å²) in [5.74, 6) is 6.32. The van der Waals surface area contributed by atoms with Gasteiger partial charge in [0.05, 0.1) is 0 Å². The molecular formula is C12H12N. The highest BCUT2D eigenvalue weighted by Crippen LogP contribution is 2.11. The minimum atomic E-state index is 0.908. The molecule has 0 amide bonds.